The Morgan fingerprint density at radius 2 is 0.981 bits per heavy atom. The van der Waals surface area contributed by atoms with Gasteiger partial charge in [-0.1, -0.05) is 127 Å². The van der Waals surface area contributed by atoms with E-state index in [9.17, 15) is 0 Å². The van der Waals surface area contributed by atoms with Crippen molar-refractivity contribution in [1.82, 2.24) is 4.57 Å². The van der Waals surface area contributed by atoms with Crippen molar-refractivity contribution in [3.8, 4) is 16.8 Å². The monoisotopic (exact) mass is 676 g/mol. The van der Waals surface area contributed by atoms with Crippen LogP contribution in [0.15, 0.2) is 199 Å². The quantitative estimate of drug-likeness (QED) is 0.181. The number of hydrogen-bond donors (Lipinski definition) is 0. The van der Waals surface area contributed by atoms with Crippen LogP contribution in [0.5, 0.6) is 0 Å². The Bertz CT molecular complexity index is 3070. The van der Waals surface area contributed by atoms with Gasteiger partial charge in [0, 0.05) is 38.8 Å². The summed E-state index contributed by atoms with van der Waals surface area (Å²) in [4.78, 5) is 2.39. The first-order valence-electron chi connectivity index (χ1n) is 18.1. The second kappa shape index (κ2) is 11.7. The number of aromatic nitrogens is 1. The van der Waals surface area contributed by atoms with Gasteiger partial charge in [0.25, 0.3) is 0 Å². The Labute approximate surface area is 306 Å². The molecule has 0 spiro atoms. The molecule has 0 fully saturated rings. The molecule has 11 rings (SSSR count). The van der Waals surface area contributed by atoms with Gasteiger partial charge >= 0.3 is 0 Å². The van der Waals surface area contributed by atoms with E-state index in [1.807, 2.05) is 0 Å². The molecule has 2 aromatic heterocycles. The molecule has 0 aliphatic heterocycles. The van der Waals surface area contributed by atoms with Gasteiger partial charge < -0.3 is 13.9 Å². The molecule has 248 valence electrons. The molecule has 0 atom stereocenters. The fourth-order valence-corrected chi connectivity index (χ4v) is 8.30. The van der Waals surface area contributed by atoms with E-state index in [-0.39, 0.29) is 0 Å². The molecule has 0 bridgehead atoms. The van der Waals surface area contributed by atoms with Gasteiger partial charge in [0.15, 0.2) is 0 Å². The largest absolute Gasteiger partial charge is 0.455 e. The minimum Gasteiger partial charge on any atom is -0.455 e. The lowest BCUT2D eigenvalue weighted by atomic mass is 9.99. The lowest BCUT2D eigenvalue weighted by molar-refractivity contribution is 0.670. The Morgan fingerprint density at radius 1 is 0.415 bits per heavy atom. The number of hydrogen-bond acceptors (Lipinski definition) is 2. The zero-order valence-electron chi connectivity index (χ0n) is 28.8. The van der Waals surface area contributed by atoms with Crippen LogP contribution >= 0.6 is 0 Å². The van der Waals surface area contributed by atoms with E-state index in [4.69, 9.17) is 4.42 Å². The Balaban J connectivity index is 1.16. The summed E-state index contributed by atoms with van der Waals surface area (Å²) in [7, 11) is 0. The summed E-state index contributed by atoms with van der Waals surface area (Å²) in [6, 6.07) is 69.7. The number of para-hydroxylation sites is 3. The Hall–Kier alpha value is -7.10. The molecule has 2 heterocycles. The third-order valence-electron chi connectivity index (χ3n) is 10.7. The van der Waals surface area contributed by atoms with Crippen molar-refractivity contribution in [2.24, 2.45) is 0 Å². The predicted molar refractivity (Wildman–Crippen MR) is 223 cm³/mol. The van der Waals surface area contributed by atoms with Crippen molar-refractivity contribution in [3.63, 3.8) is 0 Å². The minimum absolute atomic E-state index is 0.867. The van der Waals surface area contributed by atoms with Crippen LogP contribution in [0.2, 0.25) is 0 Å². The van der Waals surface area contributed by atoms with E-state index in [0.29, 0.717) is 0 Å². The molecule has 9 aromatic carbocycles. The first kappa shape index (κ1) is 29.6. The van der Waals surface area contributed by atoms with Gasteiger partial charge in [0.05, 0.1) is 22.1 Å². The first-order valence-corrected chi connectivity index (χ1v) is 18.1. The van der Waals surface area contributed by atoms with Crippen molar-refractivity contribution < 1.29 is 4.42 Å². The molecule has 0 unspecified atom stereocenters. The summed E-state index contributed by atoms with van der Waals surface area (Å²) >= 11 is 0. The summed E-state index contributed by atoms with van der Waals surface area (Å²) in [6.45, 7) is 0. The molecule has 3 nitrogen and oxygen atoms in total. The van der Waals surface area contributed by atoms with Gasteiger partial charge in [-0.2, -0.15) is 0 Å². The number of furan rings is 1. The average Bonchev–Trinajstić information content (AvgIpc) is 3.78. The standard InChI is InChI=1S/C50H32N2O/c1-3-14-35-30-39(26-24-33(35)12-1)51(40-27-25-34-13-2-4-15-36(34)31-40)47-29-28-41(50-49(47)44-20-7-10-23-48(44)53-50)37-16-11-17-38(32-37)52-45-21-8-5-18-42(45)43-19-6-9-22-46(43)52/h1-32H. The fourth-order valence-electron chi connectivity index (χ4n) is 8.30. The second-order valence-corrected chi connectivity index (χ2v) is 13.8. The summed E-state index contributed by atoms with van der Waals surface area (Å²) in [5.41, 5.74) is 10.6. The smallest absolute Gasteiger partial charge is 0.145 e. The van der Waals surface area contributed by atoms with Crippen LogP contribution in [0.25, 0.3) is 82.1 Å². The van der Waals surface area contributed by atoms with Crippen LogP contribution in [-0.4, -0.2) is 4.57 Å². The average molecular weight is 677 g/mol. The molecular weight excluding hydrogens is 645 g/mol. The Morgan fingerprint density at radius 3 is 1.64 bits per heavy atom. The van der Waals surface area contributed by atoms with Crippen LogP contribution in [-0.2, 0) is 0 Å². The number of nitrogens with zero attached hydrogens (tertiary/aromatic N) is 2. The third-order valence-corrected chi connectivity index (χ3v) is 10.7. The maximum absolute atomic E-state index is 6.88. The van der Waals surface area contributed by atoms with E-state index in [2.05, 4.69) is 204 Å². The Kier molecular flexibility index (Phi) is 6.55. The minimum atomic E-state index is 0.867. The van der Waals surface area contributed by atoms with E-state index in [1.165, 1.54) is 43.4 Å². The number of anilines is 3. The fraction of sp³-hybridized carbons (Fsp3) is 0. The van der Waals surface area contributed by atoms with Crippen molar-refractivity contribution in [2.45, 2.75) is 0 Å². The molecule has 0 saturated carbocycles. The molecule has 11 aromatic rings. The molecule has 0 aliphatic rings. The summed E-state index contributed by atoms with van der Waals surface area (Å²) in [6.07, 6.45) is 0. The molecule has 0 amide bonds. The van der Waals surface area contributed by atoms with Gasteiger partial charge in [0.2, 0.25) is 0 Å². The normalized spacial score (nSPS) is 11.8. The van der Waals surface area contributed by atoms with E-state index < -0.39 is 0 Å². The van der Waals surface area contributed by atoms with Gasteiger partial charge in [-0.3, -0.25) is 0 Å². The van der Waals surface area contributed by atoms with Gasteiger partial charge in [-0.25, -0.2) is 0 Å². The highest BCUT2D eigenvalue weighted by Gasteiger charge is 2.23. The number of fused-ring (bicyclic) bond motifs is 8. The highest BCUT2D eigenvalue weighted by atomic mass is 16.3. The van der Waals surface area contributed by atoms with Crippen molar-refractivity contribution >= 4 is 82.4 Å². The molecule has 0 saturated heterocycles. The zero-order chi connectivity index (χ0) is 34.9. The van der Waals surface area contributed by atoms with Crippen molar-refractivity contribution in [1.29, 1.82) is 0 Å². The van der Waals surface area contributed by atoms with Gasteiger partial charge in [-0.15, -0.1) is 0 Å². The molecule has 0 aliphatic carbocycles. The van der Waals surface area contributed by atoms with E-state index in [0.717, 1.165) is 55.8 Å². The second-order valence-electron chi connectivity index (χ2n) is 13.8. The predicted octanol–water partition coefficient (Wildman–Crippen LogP) is 14.1. The van der Waals surface area contributed by atoms with E-state index in [1.54, 1.807) is 0 Å². The summed E-state index contributed by atoms with van der Waals surface area (Å²) < 4.78 is 9.25. The summed E-state index contributed by atoms with van der Waals surface area (Å²) in [5.74, 6) is 0. The maximum atomic E-state index is 6.88. The van der Waals surface area contributed by atoms with Crippen LogP contribution in [0, 0.1) is 0 Å². The van der Waals surface area contributed by atoms with Crippen molar-refractivity contribution in [2.75, 3.05) is 4.90 Å². The van der Waals surface area contributed by atoms with Crippen LogP contribution in [0.1, 0.15) is 0 Å². The first-order chi connectivity index (χ1) is 26.3. The van der Waals surface area contributed by atoms with E-state index >= 15 is 0 Å². The highest BCUT2D eigenvalue weighted by molar-refractivity contribution is 6.17. The molecule has 0 radical (unpaired) electrons. The molecule has 0 N–H and O–H groups in total. The maximum Gasteiger partial charge on any atom is 0.145 e. The van der Waals surface area contributed by atoms with Crippen LogP contribution in [0.3, 0.4) is 0 Å². The topological polar surface area (TPSA) is 21.3 Å². The lowest BCUT2D eigenvalue weighted by Crippen LogP contribution is -2.10. The van der Waals surface area contributed by atoms with Gasteiger partial charge in [0.1, 0.15) is 11.2 Å². The zero-order valence-corrected chi connectivity index (χ0v) is 28.8. The number of benzene rings is 9. The molecule has 3 heteroatoms. The van der Waals surface area contributed by atoms with Crippen LogP contribution < -0.4 is 4.90 Å². The molecular formula is C50H32N2O. The van der Waals surface area contributed by atoms with Gasteiger partial charge in [-0.05, 0) is 93.8 Å². The van der Waals surface area contributed by atoms with Crippen LogP contribution in [0.4, 0.5) is 17.1 Å². The lowest BCUT2D eigenvalue weighted by Gasteiger charge is -2.27. The third kappa shape index (κ3) is 4.68. The highest BCUT2D eigenvalue weighted by Crippen LogP contribution is 2.47. The molecule has 53 heavy (non-hydrogen) atoms. The SMILES string of the molecule is c1cc(-c2ccc(N(c3ccc4ccccc4c3)c3ccc4ccccc4c3)c3c2oc2ccccc23)cc(-n2c3ccccc3c3ccccc32)c1. The van der Waals surface area contributed by atoms with Crippen molar-refractivity contribution in [3.05, 3.63) is 194 Å². The number of rotatable bonds is 5. The summed E-state index contributed by atoms with van der Waals surface area (Å²) in [5, 5.41) is 9.50.